The van der Waals surface area contributed by atoms with Crippen molar-refractivity contribution in [1.82, 2.24) is 5.32 Å². The van der Waals surface area contributed by atoms with Crippen molar-refractivity contribution < 1.29 is 28.1 Å². The van der Waals surface area contributed by atoms with Crippen LogP contribution in [0.15, 0.2) is 36.4 Å². The summed E-state index contributed by atoms with van der Waals surface area (Å²) in [5.74, 6) is 0.682. The summed E-state index contributed by atoms with van der Waals surface area (Å²) in [5.41, 5.74) is 1.03. The van der Waals surface area contributed by atoms with Gasteiger partial charge in [0.2, 0.25) is 5.75 Å². The van der Waals surface area contributed by atoms with E-state index < -0.39 is 12.3 Å². The molecule has 1 fully saturated rings. The molecule has 0 saturated carbocycles. The number of rotatable bonds is 6. The average Bonchev–Trinajstić information content (AvgIpc) is 3.16. The highest BCUT2D eigenvalue weighted by atomic mass is 19.1. The van der Waals surface area contributed by atoms with Crippen molar-refractivity contribution in [3.8, 4) is 17.2 Å². The van der Waals surface area contributed by atoms with Gasteiger partial charge in [0.15, 0.2) is 17.3 Å². The first kappa shape index (κ1) is 18.2. The van der Waals surface area contributed by atoms with Crippen molar-refractivity contribution in [3.63, 3.8) is 0 Å². The third-order valence-electron chi connectivity index (χ3n) is 4.20. The van der Waals surface area contributed by atoms with Crippen molar-refractivity contribution in [1.29, 1.82) is 0 Å². The zero-order valence-electron chi connectivity index (χ0n) is 14.7. The van der Waals surface area contributed by atoms with Crippen LogP contribution in [0.2, 0.25) is 0 Å². The van der Waals surface area contributed by atoms with Crippen molar-refractivity contribution in [2.75, 3.05) is 27.9 Å². The molecule has 0 spiro atoms. The van der Waals surface area contributed by atoms with Gasteiger partial charge in [-0.3, -0.25) is 10.1 Å². The zero-order valence-corrected chi connectivity index (χ0v) is 14.7. The van der Waals surface area contributed by atoms with E-state index in [1.807, 2.05) is 0 Å². The lowest BCUT2D eigenvalue weighted by Crippen LogP contribution is -2.34. The maximum absolute atomic E-state index is 13.4. The van der Waals surface area contributed by atoms with Crippen molar-refractivity contribution in [2.24, 2.45) is 0 Å². The van der Waals surface area contributed by atoms with Gasteiger partial charge in [-0.15, -0.1) is 0 Å². The van der Waals surface area contributed by atoms with E-state index in [-0.39, 0.29) is 18.2 Å². The summed E-state index contributed by atoms with van der Waals surface area (Å²) in [4.78, 5) is 12.9. The number of hydrogen-bond acceptors (Lipinski definition) is 6. The lowest BCUT2D eigenvalue weighted by Gasteiger charge is -2.15. The molecule has 2 atom stereocenters. The maximum atomic E-state index is 13.4. The van der Waals surface area contributed by atoms with Crippen LogP contribution in [0.25, 0.3) is 0 Å². The van der Waals surface area contributed by atoms with E-state index in [1.54, 1.807) is 24.3 Å². The van der Waals surface area contributed by atoms with Gasteiger partial charge < -0.3 is 18.9 Å². The Morgan fingerprint density at radius 2 is 1.81 bits per heavy atom. The quantitative estimate of drug-likeness (QED) is 0.798. The van der Waals surface area contributed by atoms with Gasteiger partial charge in [-0.2, -0.15) is 0 Å². The number of Topliss-reactive ketones (excluding diaryl/α,β-unsaturated/α-hetero) is 1. The molecule has 1 heterocycles. The molecule has 1 aliphatic rings. The van der Waals surface area contributed by atoms with Crippen LogP contribution in [0.4, 0.5) is 4.39 Å². The van der Waals surface area contributed by atoms with Crippen LogP contribution in [0.5, 0.6) is 17.2 Å². The van der Waals surface area contributed by atoms with Crippen molar-refractivity contribution in [2.45, 2.75) is 12.3 Å². The Morgan fingerprint density at radius 3 is 2.38 bits per heavy atom. The Hall–Kier alpha value is -2.64. The Labute approximate surface area is 150 Å². The normalized spacial score (nSPS) is 19.2. The van der Waals surface area contributed by atoms with E-state index in [1.165, 1.54) is 33.5 Å². The fraction of sp³-hybridized carbons (Fsp3) is 0.316. The predicted octanol–water partition coefficient (Wildman–Crippen LogP) is 2.72. The summed E-state index contributed by atoms with van der Waals surface area (Å²) < 4.78 is 34.8. The Bertz CT molecular complexity index is 785. The number of methoxy groups -OCH3 is 3. The molecule has 1 aliphatic heterocycles. The molecular weight excluding hydrogens is 341 g/mol. The second-order valence-electron chi connectivity index (χ2n) is 5.77. The predicted molar refractivity (Wildman–Crippen MR) is 92.4 cm³/mol. The summed E-state index contributed by atoms with van der Waals surface area (Å²) in [6, 6.07) is 8.71. The smallest absolute Gasteiger partial charge is 0.203 e. The zero-order chi connectivity index (χ0) is 18.7. The molecule has 2 unspecified atom stereocenters. The third-order valence-corrected chi connectivity index (χ3v) is 4.20. The number of halogens is 1. The van der Waals surface area contributed by atoms with Gasteiger partial charge in [-0.25, -0.2) is 4.39 Å². The number of benzene rings is 2. The summed E-state index contributed by atoms with van der Waals surface area (Å²) >= 11 is 0. The molecule has 0 aliphatic carbocycles. The van der Waals surface area contributed by atoms with Crippen LogP contribution in [0, 0.1) is 5.82 Å². The molecule has 0 amide bonds. The van der Waals surface area contributed by atoms with Crippen LogP contribution in [0.1, 0.15) is 22.1 Å². The molecule has 0 bridgehead atoms. The summed E-state index contributed by atoms with van der Waals surface area (Å²) in [7, 11) is 4.47. The van der Waals surface area contributed by atoms with E-state index in [4.69, 9.17) is 18.9 Å². The molecule has 26 heavy (non-hydrogen) atoms. The highest BCUT2D eigenvalue weighted by molar-refractivity contribution is 6.01. The largest absolute Gasteiger partial charge is 0.493 e. The molecule has 6 nitrogen and oxygen atoms in total. The lowest BCUT2D eigenvalue weighted by atomic mass is 10.0. The minimum absolute atomic E-state index is 0.177. The average molecular weight is 361 g/mol. The Balaban J connectivity index is 1.82. The number of carbonyl (C=O) groups is 1. The summed E-state index contributed by atoms with van der Waals surface area (Å²) in [6.07, 6.45) is -0.540. The minimum atomic E-state index is -0.564. The molecule has 2 aromatic rings. The molecule has 3 rings (SSSR count). The number of nitrogens with one attached hydrogen (secondary N) is 1. The molecule has 0 radical (unpaired) electrons. The Morgan fingerprint density at radius 1 is 1.12 bits per heavy atom. The molecule has 7 heteroatoms. The highest BCUT2D eigenvalue weighted by Crippen LogP contribution is 2.38. The van der Waals surface area contributed by atoms with Gasteiger partial charge >= 0.3 is 0 Å². The van der Waals surface area contributed by atoms with Crippen molar-refractivity contribution in [3.05, 3.63) is 53.3 Å². The number of ketones is 1. The summed E-state index contributed by atoms with van der Waals surface area (Å²) in [6.45, 7) is 0.177. The fourth-order valence-electron chi connectivity index (χ4n) is 2.91. The maximum Gasteiger partial charge on any atom is 0.203 e. The molecular formula is C19H20FNO5. The molecule has 1 N–H and O–H groups in total. The van der Waals surface area contributed by atoms with Crippen LogP contribution in [-0.2, 0) is 4.74 Å². The van der Waals surface area contributed by atoms with E-state index in [9.17, 15) is 9.18 Å². The fourth-order valence-corrected chi connectivity index (χ4v) is 2.91. The van der Waals surface area contributed by atoms with Gasteiger partial charge in [0, 0.05) is 5.56 Å². The standard InChI is InChI=1S/C19H20FNO5/c1-23-15-8-12(9-16(24-2)18(15)25-3)17(22)14-10-26-19(21-14)11-5-4-6-13(20)7-11/h4-9,14,19,21H,10H2,1-3H3. The lowest BCUT2D eigenvalue weighted by molar-refractivity contribution is 0.0907. The first-order chi connectivity index (χ1) is 12.6. The number of carbonyl (C=O) groups excluding carboxylic acids is 1. The number of hydrogen-bond donors (Lipinski definition) is 1. The monoisotopic (exact) mass is 361 g/mol. The topological polar surface area (TPSA) is 66.0 Å². The number of ether oxygens (including phenoxy) is 4. The highest BCUT2D eigenvalue weighted by Gasteiger charge is 2.32. The van der Waals surface area contributed by atoms with Crippen LogP contribution >= 0.6 is 0 Å². The van der Waals surface area contributed by atoms with Crippen LogP contribution < -0.4 is 19.5 Å². The first-order valence-electron chi connectivity index (χ1n) is 8.04. The second kappa shape index (κ2) is 7.72. The molecule has 138 valence electrons. The van der Waals surface area contributed by atoms with Crippen molar-refractivity contribution >= 4 is 5.78 Å². The second-order valence-corrected chi connectivity index (χ2v) is 5.77. The van der Waals surface area contributed by atoms with E-state index in [0.29, 0.717) is 28.4 Å². The van der Waals surface area contributed by atoms with E-state index >= 15 is 0 Å². The van der Waals surface area contributed by atoms with Crippen LogP contribution in [-0.4, -0.2) is 39.8 Å². The molecule has 1 saturated heterocycles. The third kappa shape index (κ3) is 3.49. The van der Waals surface area contributed by atoms with Crippen LogP contribution in [0.3, 0.4) is 0 Å². The SMILES string of the molecule is COc1cc(C(=O)C2COC(c3cccc(F)c3)N2)cc(OC)c1OC. The van der Waals surface area contributed by atoms with Gasteiger partial charge in [0.05, 0.1) is 34.0 Å². The van der Waals surface area contributed by atoms with E-state index in [0.717, 1.165) is 0 Å². The van der Waals surface area contributed by atoms with Gasteiger partial charge in [-0.1, -0.05) is 12.1 Å². The first-order valence-corrected chi connectivity index (χ1v) is 8.04. The van der Waals surface area contributed by atoms with Gasteiger partial charge in [0.1, 0.15) is 12.0 Å². The van der Waals surface area contributed by atoms with E-state index in [2.05, 4.69) is 5.32 Å². The minimum Gasteiger partial charge on any atom is -0.493 e. The van der Waals surface area contributed by atoms with Gasteiger partial charge in [-0.05, 0) is 29.8 Å². The summed E-state index contributed by atoms with van der Waals surface area (Å²) in [5, 5.41) is 3.08. The molecule has 0 aromatic heterocycles. The Kier molecular flexibility index (Phi) is 5.39. The van der Waals surface area contributed by atoms with Gasteiger partial charge in [0.25, 0.3) is 0 Å². The molecule has 2 aromatic carbocycles.